The maximum atomic E-state index is 18.3. The molecule has 2 aliphatic heterocycles. The second-order valence-corrected chi connectivity index (χ2v) is 21.5. The number of nitrogens with zero attached hydrogens (tertiary/aromatic N) is 2. The molecule has 0 amide bonds. The van der Waals surface area contributed by atoms with Crippen molar-refractivity contribution in [2.75, 3.05) is 0 Å². The Kier molecular flexibility index (Phi) is 6.26. The van der Waals surface area contributed by atoms with Crippen molar-refractivity contribution in [1.29, 1.82) is 0 Å². The van der Waals surface area contributed by atoms with E-state index < -0.39 is 9.07 Å². The molecule has 0 bridgehead atoms. The number of hydrogen-bond acceptors (Lipinski definition) is 3. The molecule has 14 aromatic rings. The molecule has 0 unspecified atom stereocenters. The molecule has 4 aromatic heterocycles. The van der Waals surface area contributed by atoms with Gasteiger partial charge in [0.25, 0.3) is 0 Å². The predicted octanol–water partition coefficient (Wildman–Crippen LogP) is 16.0. The molecule has 0 radical (unpaired) electrons. The van der Waals surface area contributed by atoms with E-state index in [-0.39, 0.29) is 0 Å². The Balaban J connectivity index is 1.11. The Morgan fingerprint density at radius 3 is 1.18 bits per heavy atom. The fourth-order valence-corrected chi connectivity index (χ4v) is 17.4. The molecule has 5 nitrogen and oxygen atoms in total. The first-order valence-electron chi connectivity index (χ1n) is 22.4. The molecular formula is C60H34N2O3S. The minimum Gasteiger partial charge on any atom is -0.456 e. The zero-order valence-electron chi connectivity index (χ0n) is 35.2. The summed E-state index contributed by atoms with van der Waals surface area (Å²) in [5.74, 6) is 0. The zero-order chi connectivity index (χ0) is 43.1. The standard InChI is InChI=1S/C60H34N2O3S/c63-66(55-27-11-5-19-39(55)40-20-6-12-28-56(40)66)57-29-13-23-47(61-45-21-7-1-15-35(45)41-31-43-37-17-3-9-25-51(37)64-53(43)33-49(41)61)59(57)60-48(24-14-30-58(60)66)62-46-22-8-2-16-36(46)42-32-44-38-18-4-10-26-52(38)65-54(44)34-50(42)62/h1-34H. The van der Waals surface area contributed by atoms with Crippen LogP contribution < -0.4 is 0 Å². The van der Waals surface area contributed by atoms with Crippen LogP contribution in [0.25, 0.3) is 121 Å². The molecule has 6 heterocycles. The average molecular weight is 863 g/mol. The van der Waals surface area contributed by atoms with Gasteiger partial charge in [-0.25, -0.2) is 0 Å². The molecule has 10 aromatic carbocycles. The highest BCUT2D eigenvalue weighted by Crippen LogP contribution is 2.72. The van der Waals surface area contributed by atoms with Crippen LogP contribution in [-0.4, -0.2) is 13.3 Å². The Hall–Kier alpha value is -8.45. The largest absolute Gasteiger partial charge is 0.456 e. The number of para-hydroxylation sites is 4. The maximum absolute atomic E-state index is 18.3. The Morgan fingerprint density at radius 2 is 0.697 bits per heavy atom. The molecule has 2 aliphatic rings. The summed E-state index contributed by atoms with van der Waals surface area (Å²) in [6.07, 6.45) is 0. The average Bonchev–Trinajstić information content (AvgIpc) is 4.18. The van der Waals surface area contributed by atoms with Crippen molar-refractivity contribution in [3.05, 3.63) is 206 Å². The molecular weight excluding hydrogens is 829 g/mol. The Morgan fingerprint density at radius 1 is 0.303 bits per heavy atom. The molecule has 0 N–H and O–H groups in total. The van der Waals surface area contributed by atoms with E-state index in [1.807, 2.05) is 36.4 Å². The fourth-order valence-electron chi connectivity index (χ4n) is 12.2. The van der Waals surface area contributed by atoms with Crippen molar-refractivity contribution in [3.63, 3.8) is 0 Å². The summed E-state index contributed by atoms with van der Waals surface area (Å²) in [7, 11) is -4.31. The number of rotatable bonds is 2. The normalized spacial score (nSPS) is 15.1. The summed E-state index contributed by atoms with van der Waals surface area (Å²) in [6, 6.07) is 72.5. The van der Waals surface area contributed by atoms with Crippen LogP contribution in [0.2, 0.25) is 0 Å². The topological polar surface area (TPSA) is 53.2 Å². The first-order valence-corrected chi connectivity index (χ1v) is 24.4. The van der Waals surface area contributed by atoms with E-state index in [0.717, 1.165) is 141 Å². The van der Waals surface area contributed by atoms with Crippen LogP contribution in [0.3, 0.4) is 0 Å². The number of aromatic nitrogens is 2. The summed E-state index contributed by atoms with van der Waals surface area (Å²) >= 11 is 0. The Labute approximate surface area is 376 Å². The van der Waals surface area contributed by atoms with Crippen molar-refractivity contribution in [3.8, 4) is 33.6 Å². The lowest BCUT2D eigenvalue weighted by Gasteiger charge is -2.38. The molecule has 6 heteroatoms. The molecule has 16 rings (SSSR count). The van der Waals surface area contributed by atoms with Crippen molar-refractivity contribution >= 4 is 96.6 Å². The summed E-state index contributed by atoms with van der Waals surface area (Å²) in [4.78, 5) is 3.34. The van der Waals surface area contributed by atoms with Crippen LogP contribution >= 0.6 is 0 Å². The van der Waals surface area contributed by atoms with Gasteiger partial charge in [-0.1, -0.05) is 121 Å². The lowest BCUT2D eigenvalue weighted by molar-refractivity contribution is 0.658. The number of furan rings is 2. The summed E-state index contributed by atoms with van der Waals surface area (Å²) in [5.41, 5.74) is 13.4. The second kappa shape index (κ2) is 11.8. The number of hydrogen-bond donors (Lipinski definition) is 0. The lowest BCUT2D eigenvalue weighted by Crippen LogP contribution is -2.30. The van der Waals surface area contributed by atoms with Gasteiger partial charge >= 0.3 is 0 Å². The molecule has 0 saturated carbocycles. The zero-order valence-corrected chi connectivity index (χ0v) is 36.0. The van der Waals surface area contributed by atoms with Gasteiger partial charge in [0.05, 0.1) is 33.4 Å². The lowest BCUT2D eigenvalue weighted by atomic mass is 10.0. The van der Waals surface area contributed by atoms with E-state index in [1.54, 1.807) is 0 Å². The van der Waals surface area contributed by atoms with Crippen LogP contribution in [0.4, 0.5) is 0 Å². The van der Waals surface area contributed by atoms with Gasteiger partial charge < -0.3 is 18.0 Å². The van der Waals surface area contributed by atoms with E-state index in [0.29, 0.717) is 0 Å². The van der Waals surface area contributed by atoms with Crippen molar-refractivity contribution in [2.24, 2.45) is 0 Å². The van der Waals surface area contributed by atoms with Gasteiger partial charge in [0.15, 0.2) is 0 Å². The minimum atomic E-state index is -4.31. The number of fused-ring (bicyclic) bond motifs is 22. The van der Waals surface area contributed by atoms with Crippen LogP contribution in [0, 0.1) is 0 Å². The third-order valence-electron chi connectivity index (χ3n) is 14.8. The van der Waals surface area contributed by atoms with E-state index in [2.05, 4.69) is 179 Å². The first kappa shape index (κ1) is 35.0. The number of benzene rings is 10. The molecule has 0 aliphatic carbocycles. The highest BCUT2D eigenvalue weighted by molar-refractivity contribution is 8.21. The van der Waals surface area contributed by atoms with E-state index in [1.165, 1.54) is 0 Å². The van der Waals surface area contributed by atoms with Crippen molar-refractivity contribution in [1.82, 2.24) is 9.13 Å². The summed E-state index contributed by atoms with van der Waals surface area (Å²) < 4.78 is 36.2. The third kappa shape index (κ3) is 3.91. The van der Waals surface area contributed by atoms with Crippen LogP contribution in [-0.2, 0) is 9.07 Å². The van der Waals surface area contributed by atoms with Gasteiger partial charge in [-0.2, -0.15) is 0 Å². The van der Waals surface area contributed by atoms with Gasteiger partial charge in [0.2, 0.25) is 0 Å². The minimum absolute atomic E-state index is 0.820. The molecule has 1 spiro atoms. The highest BCUT2D eigenvalue weighted by atomic mass is 32.3. The van der Waals surface area contributed by atoms with Crippen molar-refractivity contribution < 1.29 is 13.0 Å². The highest BCUT2D eigenvalue weighted by Gasteiger charge is 2.58. The maximum Gasteiger partial charge on any atom is 0.137 e. The van der Waals surface area contributed by atoms with Crippen LogP contribution in [0.5, 0.6) is 0 Å². The smallest absolute Gasteiger partial charge is 0.137 e. The summed E-state index contributed by atoms with van der Waals surface area (Å²) in [5, 5.41) is 8.88. The van der Waals surface area contributed by atoms with Gasteiger partial charge in [0.1, 0.15) is 22.3 Å². The van der Waals surface area contributed by atoms with Gasteiger partial charge in [-0.3, -0.25) is 4.21 Å². The fraction of sp³-hybridized carbons (Fsp3) is 0. The molecule has 66 heavy (non-hydrogen) atoms. The third-order valence-corrected chi connectivity index (χ3v) is 19.6. The second-order valence-electron chi connectivity index (χ2n) is 17.9. The molecule has 0 atom stereocenters. The SMILES string of the molecule is O=S12(c3ccccc3-c3ccccc31)c1cccc(-n3c4ccccc4c4cc5c(cc43)oc3ccccc35)c1-c1c(-n3c4ccccc4c4cc5c(cc43)oc3ccccc35)cccc12. The van der Waals surface area contributed by atoms with Gasteiger partial charge in [-0.05, 0) is 83.9 Å². The predicted molar refractivity (Wildman–Crippen MR) is 268 cm³/mol. The monoisotopic (exact) mass is 862 g/mol. The molecule has 0 fully saturated rings. The molecule has 0 saturated heterocycles. The van der Waals surface area contributed by atoms with Gasteiger partial charge in [0, 0.05) is 95.0 Å². The van der Waals surface area contributed by atoms with E-state index in [9.17, 15) is 0 Å². The van der Waals surface area contributed by atoms with Gasteiger partial charge in [-0.15, -0.1) is 0 Å². The quantitative estimate of drug-likeness (QED) is 0.174. The van der Waals surface area contributed by atoms with E-state index in [4.69, 9.17) is 8.83 Å². The first-order chi connectivity index (χ1) is 32.6. The van der Waals surface area contributed by atoms with E-state index >= 15 is 4.21 Å². The summed E-state index contributed by atoms with van der Waals surface area (Å²) in [6.45, 7) is 0. The van der Waals surface area contributed by atoms with Crippen molar-refractivity contribution in [2.45, 2.75) is 19.6 Å². The molecule has 308 valence electrons. The van der Waals surface area contributed by atoms with Crippen LogP contribution in [0.1, 0.15) is 0 Å². The Bertz CT molecular complexity index is 4320. The van der Waals surface area contributed by atoms with Crippen LogP contribution in [0.15, 0.2) is 235 Å².